The van der Waals surface area contributed by atoms with Crippen molar-refractivity contribution < 1.29 is 9.53 Å². The summed E-state index contributed by atoms with van der Waals surface area (Å²) in [6.07, 6.45) is 1.21. The van der Waals surface area contributed by atoms with E-state index in [0.29, 0.717) is 19.2 Å². The fourth-order valence-corrected chi connectivity index (χ4v) is 2.21. The van der Waals surface area contributed by atoms with Crippen molar-refractivity contribution >= 4 is 41.5 Å². The second-order valence-electron chi connectivity index (χ2n) is 5.78. The van der Waals surface area contributed by atoms with Crippen molar-refractivity contribution in [2.75, 3.05) is 25.0 Å². The summed E-state index contributed by atoms with van der Waals surface area (Å²) in [7, 11) is 0. The monoisotopic (exact) mass is 446 g/mol. The number of hydrogen-bond donors (Lipinski definition) is 3. The third kappa shape index (κ3) is 7.37. The minimum Gasteiger partial charge on any atom is -0.492 e. The number of amides is 1. The number of guanidine groups is 1. The van der Waals surface area contributed by atoms with E-state index in [4.69, 9.17) is 4.74 Å². The number of benzene rings is 1. The van der Waals surface area contributed by atoms with E-state index < -0.39 is 0 Å². The Morgan fingerprint density at radius 1 is 1.42 bits per heavy atom. The molecule has 0 aliphatic heterocycles. The van der Waals surface area contributed by atoms with Crippen LogP contribution in [-0.2, 0) is 4.79 Å². The van der Waals surface area contributed by atoms with Crippen molar-refractivity contribution in [2.24, 2.45) is 10.9 Å². The molecule has 1 amide bonds. The van der Waals surface area contributed by atoms with Crippen LogP contribution in [0.4, 0.5) is 5.69 Å². The van der Waals surface area contributed by atoms with Crippen LogP contribution in [0.2, 0.25) is 0 Å². The average Bonchev–Trinajstić information content (AvgIpc) is 3.18. The molecule has 0 spiro atoms. The van der Waals surface area contributed by atoms with E-state index in [1.54, 1.807) is 6.07 Å². The van der Waals surface area contributed by atoms with Gasteiger partial charge in [-0.25, -0.2) is 4.99 Å². The molecule has 0 heterocycles. The maximum absolute atomic E-state index is 11.1. The van der Waals surface area contributed by atoms with Crippen molar-refractivity contribution in [3.8, 4) is 5.75 Å². The summed E-state index contributed by atoms with van der Waals surface area (Å²) in [5.41, 5.74) is 0.733. The quantitative estimate of drug-likeness (QED) is 0.261. The van der Waals surface area contributed by atoms with Gasteiger partial charge in [0.1, 0.15) is 12.4 Å². The molecule has 24 heavy (non-hydrogen) atoms. The Kier molecular flexibility index (Phi) is 8.88. The highest BCUT2D eigenvalue weighted by atomic mass is 127. The molecule has 6 nitrogen and oxygen atoms in total. The molecule has 1 aliphatic rings. The van der Waals surface area contributed by atoms with Gasteiger partial charge < -0.3 is 20.7 Å². The molecule has 1 aromatic rings. The van der Waals surface area contributed by atoms with E-state index in [2.05, 4.69) is 34.8 Å². The lowest BCUT2D eigenvalue weighted by atomic mass is 10.3. The number of aliphatic imine (C=N–C) groups is 1. The molecule has 0 radical (unpaired) electrons. The van der Waals surface area contributed by atoms with Crippen LogP contribution in [0.25, 0.3) is 0 Å². The fourth-order valence-electron chi connectivity index (χ4n) is 2.21. The molecule has 3 N–H and O–H groups in total. The topological polar surface area (TPSA) is 74.8 Å². The predicted octanol–water partition coefficient (Wildman–Crippen LogP) is 2.61. The van der Waals surface area contributed by atoms with Gasteiger partial charge in [-0.05, 0) is 31.4 Å². The second-order valence-corrected chi connectivity index (χ2v) is 5.78. The van der Waals surface area contributed by atoms with Gasteiger partial charge in [-0.2, -0.15) is 0 Å². The van der Waals surface area contributed by atoms with Gasteiger partial charge >= 0.3 is 0 Å². The number of ether oxygens (including phenoxy) is 1. The first-order valence-corrected chi connectivity index (χ1v) is 8.13. The molecule has 134 valence electrons. The van der Waals surface area contributed by atoms with Crippen LogP contribution in [0.15, 0.2) is 29.3 Å². The number of carbonyl (C=O) groups is 1. The lowest BCUT2D eigenvalue weighted by Crippen LogP contribution is -2.39. The first kappa shape index (κ1) is 20.5. The lowest BCUT2D eigenvalue weighted by molar-refractivity contribution is -0.114. The van der Waals surface area contributed by atoms with Crippen LogP contribution in [-0.4, -0.2) is 37.6 Å². The summed E-state index contributed by atoms with van der Waals surface area (Å²) in [4.78, 5) is 15.6. The minimum atomic E-state index is -0.0950. The SMILES string of the molecule is CCNC(=NCCOc1cccc(NC(C)=O)c1)NC1CC1C.I. The summed E-state index contributed by atoms with van der Waals surface area (Å²) in [6.45, 7) is 7.66. The van der Waals surface area contributed by atoms with Gasteiger partial charge in [-0.1, -0.05) is 13.0 Å². The normalized spacial score (nSPS) is 19.0. The van der Waals surface area contributed by atoms with Crippen LogP contribution in [0.1, 0.15) is 27.2 Å². The zero-order valence-corrected chi connectivity index (χ0v) is 16.8. The zero-order valence-electron chi connectivity index (χ0n) is 14.5. The summed E-state index contributed by atoms with van der Waals surface area (Å²) >= 11 is 0. The van der Waals surface area contributed by atoms with Crippen LogP contribution >= 0.6 is 24.0 Å². The number of nitrogens with zero attached hydrogens (tertiary/aromatic N) is 1. The third-order valence-corrected chi connectivity index (χ3v) is 3.56. The van der Waals surface area contributed by atoms with Crippen molar-refractivity contribution in [2.45, 2.75) is 33.2 Å². The first-order valence-electron chi connectivity index (χ1n) is 8.13. The summed E-state index contributed by atoms with van der Waals surface area (Å²) in [5.74, 6) is 2.20. The van der Waals surface area contributed by atoms with Crippen molar-refractivity contribution in [3.05, 3.63) is 24.3 Å². The molecule has 2 unspecified atom stereocenters. The molecular formula is C17H27IN4O2. The Hall–Kier alpha value is -1.51. The summed E-state index contributed by atoms with van der Waals surface area (Å²) in [6, 6.07) is 7.90. The first-order chi connectivity index (χ1) is 11.1. The van der Waals surface area contributed by atoms with Gasteiger partial charge in [0.05, 0.1) is 6.54 Å². The van der Waals surface area contributed by atoms with Crippen LogP contribution in [0, 0.1) is 5.92 Å². The van der Waals surface area contributed by atoms with Gasteiger partial charge in [0, 0.05) is 31.3 Å². The maximum atomic E-state index is 11.1. The smallest absolute Gasteiger partial charge is 0.221 e. The Morgan fingerprint density at radius 2 is 2.17 bits per heavy atom. The van der Waals surface area contributed by atoms with Crippen molar-refractivity contribution in [3.63, 3.8) is 0 Å². The van der Waals surface area contributed by atoms with E-state index in [1.165, 1.54) is 13.3 Å². The average molecular weight is 446 g/mol. The molecule has 2 rings (SSSR count). The molecule has 1 aliphatic carbocycles. The van der Waals surface area contributed by atoms with Crippen LogP contribution in [0.3, 0.4) is 0 Å². The van der Waals surface area contributed by atoms with Gasteiger partial charge in [0.15, 0.2) is 5.96 Å². The Bertz CT molecular complexity index is 565. The van der Waals surface area contributed by atoms with E-state index in [0.717, 1.165) is 29.9 Å². The number of carbonyl (C=O) groups excluding carboxylic acids is 1. The second kappa shape index (κ2) is 10.4. The number of nitrogens with one attached hydrogen (secondary N) is 3. The highest BCUT2D eigenvalue weighted by Gasteiger charge is 2.33. The third-order valence-electron chi connectivity index (χ3n) is 3.56. The molecule has 1 saturated carbocycles. The van der Waals surface area contributed by atoms with Crippen LogP contribution < -0.4 is 20.7 Å². The Labute approximate surface area is 160 Å². The highest BCUT2D eigenvalue weighted by Crippen LogP contribution is 2.28. The van der Waals surface area contributed by atoms with Gasteiger partial charge in [0.2, 0.25) is 5.91 Å². The number of hydrogen-bond acceptors (Lipinski definition) is 3. The summed E-state index contributed by atoms with van der Waals surface area (Å²) < 4.78 is 5.68. The van der Waals surface area contributed by atoms with Gasteiger partial charge in [-0.3, -0.25) is 4.79 Å². The Balaban J connectivity index is 0.00000288. The fraction of sp³-hybridized carbons (Fsp3) is 0.529. The van der Waals surface area contributed by atoms with E-state index in [-0.39, 0.29) is 29.9 Å². The van der Waals surface area contributed by atoms with E-state index >= 15 is 0 Å². The standard InChI is InChI=1S/C17H26N4O2.HI/c1-4-18-17(21-16-10-12(16)2)19-8-9-23-15-7-5-6-14(11-15)20-13(3)22;/h5-7,11-12,16H,4,8-10H2,1-3H3,(H,20,22)(H2,18,19,21);1H. The molecule has 0 aromatic heterocycles. The largest absolute Gasteiger partial charge is 0.492 e. The molecule has 1 fully saturated rings. The lowest BCUT2D eigenvalue weighted by Gasteiger charge is -2.11. The van der Waals surface area contributed by atoms with Crippen molar-refractivity contribution in [1.82, 2.24) is 10.6 Å². The number of anilines is 1. The molecule has 1 aromatic carbocycles. The summed E-state index contributed by atoms with van der Waals surface area (Å²) in [5, 5.41) is 9.38. The highest BCUT2D eigenvalue weighted by molar-refractivity contribution is 14.0. The molecule has 0 saturated heterocycles. The van der Waals surface area contributed by atoms with Gasteiger partial charge in [0.25, 0.3) is 0 Å². The Morgan fingerprint density at radius 3 is 2.79 bits per heavy atom. The zero-order chi connectivity index (χ0) is 16.7. The molecule has 7 heteroatoms. The predicted molar refractivity (Wildman–Crippen MR) is 108 cm³/mol. The van der Waals surface area contributed by atoms with Gasteiger partial charge in [-0.15, -0.1) is 24.0 Å². The van der Waals surface area contributed by atoms with Crippen molar-refractivity contribution in [1.29, 1.82) is 0 Å². The number of halogens is 1. The van der Waals surface area contributed by atoms with E-state index in [1.807, 2.05) is 18.2 Å². The molecule has 0 bridgehead atoms. The van der Waals surface area contributed by atoms with Crippen LogP contribution in [0.5, 0.6) is 5.75 Å². The molecular weight excluding hydrogens is 419 g/mol. The maximum Gasteiger partial charge on any atom is 0.221 e. The number of rotatable bonds is 7. The van der Waals surface area contributed by atoms with E-state index in [9.17, 15) is 4.79 Å². The molecule has 2 atom stereocenters. The minimum absolute atomic E-state index is 0.